The van der Waals surface area contributed by atoms with Gasteiger partial charge in [0.1, 0.15) is 18.4 Å². The van der Waals surface area contributed by atoms with Crippen molar-refractivity contribution < 1.29 is 22.4 Å². The van der Waals surface area contributed by atoms with Crippen molar-refractivity contribution in [2.75, 3.05) is 24.9 Å². The van der Waals surface area contributed by atoms with Crippen molar-refractivity contribution in [1.82, 2.24) is 14.5 Å². The number of carbonyl (C=O) groups is 2. The third-order valence-corrected chi connectivity index (χ3v) is 7.35. The molecular formula is C24H32BrFN4O4S. The van der Waals surface area contributed by atoms with Crippen LogP contribution in [0.3, 0.4) is 0 Å². The second-order valence-corrected chi connectivity index (χ2v) is 12.3. The molecule has 2 amide bonds. The van der Waals surface area contributed by atoms with Gasteiger partial charge >= 0.3 is 10.2 Å². The monoisotopic (exact) mass is 570 g/mol. The summed E-state index contributed by atoms with van der Waals surface area (Å²) in [7, 11) is -1.63. The molecule has 0 spiro atoms. The van der Waals surface area contributed by atoms with Crippen molar-refractivity contribution in [1.29, 1.82) is 0 Å². The molecule has 0 aliphatic rings. The summed E-state index contributed by atoms with van der Waals surface area (Å²) in [6, 6.07) is 11.6. The van der Waals surface area contributed by atoms with Gasteiger partial charge in [0.05, 0.1) is 5.69 Å². The zero-order chi connectivity index (χ0) is 26.6. The largest absolute Gasteiger partial charge is 0.350 e. The molecule has 2 aromatic rings. The van der Waals surface area contributed by atoms with Gasteiger partial charge in [0, 0.05) is 30.7 Å². The minimum Gasteiger partial charge on any atom is -0.350 e. The Kier molecular flexibility index (Phi) is 9.43. The van der Waals surface area contributed by atoms with Gasteiger partial charge in [0.15, 0.2) is 0 Å². The first-order valence-electron chi connectivity index (χ1n) is 10.9. The molecule has 35 heavy (non-hydrogen) atoms. The van der Waals surface area contributed by atoms with E-state index in [4.69, 9.17) is 0 Å². The van der Waals surface area contributed by atoms with Crippen LogP contribution in [-0.2, 0) is 26.3 Å². The lowest BCUT2D eigenvalue weighted by molar-refractivity contribution is -0.140. The predicted molar refractivity (Wildman–Crippen MR) is 138 cm³/mol. The number of para-hydroxylation sites is 1. The molecule has 0 radical (unpaired) electrons. The van der Waals surface area contributed by atoms with Crippen LogP contribution in [0.15, 0.2) is 53.0 Å². The highest BCUT2D eigenvalue weighted by molar-refractivity contribution is 9.10. The van der Waals surface area contributed by atoms with E-state index in [2.05, 4.69) is 21.2 Å². The van der Waals surface area contributed by atoms with Gasteiger partial charge in [-0.15, -0.1) is 0 Å². The molecule has 2 rings (SSSR count). The van der Waals surface area contributed by atoms with Crippen LogP contribution in [0.5, 0.6) is 0 Å². The average Bonchev–Trinajstić information content (AvgIpc) is 2.74. The first kappa shape index (κ1) is 28.7. The van der Waals surface area contributed by atoms with E-state index in [0.717, 1.165) is 20.4 Å². The predicted octanol–water partition coefficient (Wildman–Crippen LogP) is 3.53. The highest BCUT2D eigenvalue weighted by Gasteiger charge is 2.34. The summed E-state index contributed by atoms with van der Waals surface area (Å²) in [6.07, 6.45) is 0. The average molecular weight is 572 g/mol. The molecule has 8 nitrogen and oxygen atoms in total. The van der Waals surface area contributed by atoms with Gasteiger partial charge in [0.25, 0.3) is 0 Å². The lowest BCUT2D eigenvalue weighted by Gasteiger charge is -2.34. The molecule has 0 saturated heterocycles. The van der Waals surface area contributed by atoms with E-state index < -0.39 is 46.0 Å². The molecule has 0 aromatic heterocycles. The number of anilines is 1. The third kappa shape index (κ3) is 7.74. The van der Waals surface area contributed by atoms with Crippen LogP contribution < -0.4 is 9.62 Å². The topological polar surface area (TPSA) is 90.0 Å². The number of nitrogens with one attached hydrogen (secondary N) is 1. The molecule has 1 atom stereocenters. The van der Waals surface area contributed by atoms with Gasteiger partial charge in [-0.1, -0.05) is 40.2 Å². The maximum atomic E-state index is 14.6. The second-order valence-electron chi connectivity index (χ2n) is 9.32. The molecule has 11 heteroatoms. The fourth-order valence-corrected chi connectivity index (χ4v) is 4.76. The van der Waals surface area contributed by atoms with Crippen LogP contribution in [0.2, 0.25) is 0 Å². The highest BCUT2D eigenvalue weighted by atomic mass is 79.9. The van der Waals surface area contributed by atoms with Crippen LogP contribution in [0.25, 0.3) is 0 Å². The molecule has 0 fully saturated rings. The number of halogens is 2. The molecule has 0 bridgehead atoms. The smallest absolute Gasteiger partial charge is 0.304 e. The number of benzene rings is 2. The highest BCUT2D eigenvalue weighted by Crippen LogP contribution is 2.24. The Morgan fingerprint density at radius 1 is 1.09 bits per heavy atom. The first-order chi connectivity index (χ1) is 16.1. The van der Waals surface area contributed by atoms with Gasteiger partial charge < -0.3 is 10.2 Å². The Morgan fingerprint density at radius 2 is 1.71 bits per heavy atom. The molecule has 0 aliphatic carbocycles. The summed E-state index contributed by atoms with van der Waals surface area (Å²) >= 11 is 3.40. The number of rotatable bonds is 9. The first-order valence-corrected chi connectivity index (χ1v) is 13.1. The number of carbonyl (C=O) groups excluding carboxylic acids is 2. The molecular weight excluding hydrogens is 539 g/mol. The molecule has 1 N–H and O–H groups in total. The van der Waals surface area contributed by atoms with E-state index in [0.29, 0.717) is 4.31 Å². The van der Waals surface area contributed by atoms with E-state index in [1.54, 1.807) is 25.1 Å². The van der Waals surface area contributed by atoms with E-state index >= 15 is 0 Å². The van der Waals surface area contributed by atoms with Crippen LogP contribution in [-0.4, -0.2) is 61.7 Å². The summed E-state index contributed by atoms with van der Waals surface area (Å²) in [6.45, 7) is 6.39. The molecule has 0 heterocycles. The van der Waals surface area contributed by atoms with Crippen molar-refractivity contribution in [3.05, 3.63) is 64.4 Å². The van der Waals surface area contributed by atoms with Crippen LogP contribution >= 0.6 is 15.9 Å². The lowest BCUT2D eigenvalue weighted by Crippen LogP contribution is -2.55. The van der Waals surface area contributed by atoms with Crippen molar-refractivity contribution in [2.24, 2.45) is 0 Å². The Morgan fingerprint density at radius 3 is 2.26 bits per heavy atom. The van der Waals surface area contributed by atoms with E-state index in [9.17, 15) is 22.4 Å². The van der Waals surface area contributed by atoms with Gasteiger partial charge in [-0.05, 0) is 57.5 Å². The summed E-state index contributed by atoms with van der Waals surface area (Å²) in [5.74, 6) is -1.84. The number of amides is 2. The van der Waals surface area contributed by atoms with Crippen molar-refractivity contribution in [2.45, 2.75) is 45.8 Å². The van der Waals surface area contributed by atoms with Gasteiger partial charge in [-0.25, -0.2) is 8.70 Å². The van der Waals surface area contributed by atoms with Crippen LogP contribution in [0.4, 0.5) is 10.1 Å². The Hall–Kier alpha value is -2.50. The lowest BCUT2D eigenvalue weighted by atomic mass is 10.1. The Bertz CT molecular complexity index is 1170. The summed E-state index contributed by atoms with van der Waals surface area (Å²) in [5, 5.41) is 2.85. The van der Waals surface area contributed by atoms with E-state index in [1.165, 1.54) is 37.2 Å². The van der Waals surface area contributed by atoms with Gasteiger partial charge in [-0.3, -0.25) is 9.59 Å². The number of hydrogen-bond donors (Lipinski definition) is 1. The maximum absolute atomic E-state index is 14.6. The van der Waals surface area contributed by atoms with Gasteiger partial charge in [0.2, 0.25) is 11.8 Å². The summed E-state index contributed by atoms with van der Waals surface area (Å²) < 4.78 is 43.2. The van der Waals surface area contributed by atoms with Crippen molar-refractivity contribution >= 4 is 43.6 Å². The Labute approximate surface area is 215 Å². The molecule has 0 aliphatic heterocycles. The number of nitrogens with zero attached hydrogens (tertiary/aromatic N) is 3. The van der Waals surface area contributed by atoms with Crippen molar-refractivity contribution in [3.63, 3.8) is 0 Å². The molecule has 192 valence electrons. The molecule has 2 aromatic carbocycles. The standard InChI is InChI=1S/C24H32BrFN4O4S/c1-17(23(32)27-24(2,3)4)29(15-18-10-9-11-19(25)14-18)22(31)16-30(35(33,34)28(5)6)21-13-8-7-12-20(21)26/h7-14,17H,15-16H2,1-6H3,(H,27,32). The Balaban J connectivity index is 2.49. The fraction of sp³-hybridized carbons (Fsp3) is 0.417. The van der Waals surface area contributed by atoms with Gasteiger partial charge in [-0.2, -0.15) is 12.7 Å². The summed E-state index contributed by atoms with van der Waals surface area (Å²) in [5.41, 5.74) is -0.0664. The minimum atomic E-state index is -4.23. The van der Waals surface area contributed by atoms with Crippen LogP contribution in [0, 0.1) is 5.82 Å². The zero-order valence-corrected chi connectivity index (χ0v) is 23.2. The zero-order valence-electron chi connectivity index (χ0n) is 20.7. The molecule has 0 saturated carbocycles. The number of hydrogen-bond acceptors (Lipinski definition) is 4. The van der Waals surface area contributed by atoms with Crippen LogP contribution in [0.1, 0.15) is 33.3 Å². The maximum Gasteiger partial charge on any atom is 0.304 e. The second kappa shape index (κ2) is 11.5. The fourth-order valence-electron chi connectivity index (χ4n) is 3.24. The molecule has 1 unspecified atom stereocenters. The van der Waals surface area contributed by atoms with E-state index in [-0.39, 0.29) is 12.2 Å². The summed E-state index contributed by atoms with van der Waals surface area (Å²) in [4.78, 5) is 27.9. The third-order valence-electron chi connectivity index (χ3n) is 5.05. The quantitative estimate of drug-likeness (QED) is 0.499. The minimum absolute atomic E-state index is 0.0458. The normalized spacial score (nSPS) is 12.8. The SMILES string of the molecule is CC(C(=O)NC(C)(C)C)N(Cc1cccc(Br)c1)C(=O)CN(c1ccccc1F)S(=O)(=O)N(C)C. The van der Waals surface area contributed by atoms with E-state index in [1.807, 2.05) is 26.8 Å². The van der Waals surface area contributed by atoms with Crippen molar-refractivity contribution in [3.8, 4) is 0 Å².